The highest BCUT2D eigenvalue weighted by Gasteiger charge is 2.14. The van der Waals surface area contributed by atoms with Crippen LogP contribution in [0.3, 0.4) is 0 Å². The SMILES string of the molecule is c1cc(-c2ccc3nc(Cc4cc(CN5CCCC5)ccn4)cn3n2)ccn1.c1cc(-c2cn3cc(Cc4cc(CN5CCCC5)ccn4)nc3cn2)ccn1. The van der Waals surface area contributed by atoms with Crippen LogP contribution in [0.15, 0.2) is 123 Å². The average molecular weight is 741 g/mol. The Bertz CT molecular complexity index is 2340. The summed E-state index contributed by atoms with van der Waals surface area (Å²) in [5.74, 6) is 0. The summed E-state index contributed by atoms with van der Waals surface area (Å²) in [6, 6.07) is 20.5. The predicted molar refractivity (Wildman–Crippen MR) is 216 cm³/mol. The second kappa shape index (κ2) is 16.6. The quantitative estimate of drug-likeness (QED) is 0.149. The molecule has 0 unspecified atom stereocenters. The van der Waals surface area contributed by atoms with Gasteiger partial charge in [0.1, 0.15) is 0 Å². The van der Waals surface area contributed by atoms with Crippen molar-refractivity contribution in [1.82, 2.24) is 58.7 Å². The third-order valence-corrected chi connectivity index (χ3v) is 10.4. The third kappa shape index (κ3) is 8.67. The Morgan fingerprint density at radius 1 is 0.482 bits per heavy atom. The first-order valence-corrected chi connectivity index (χ1v) is 19.5. The zero-order chi connectivity index (χ0) is 37.5. The van der Waals surface area contributed by atoms with Gasteiger partial charge < -0.3 is 4.40 Å². The standard InChI is InChI=1S/2C22H22N6/c1-2-10-27(9-1)14-17-3-8-24-19(11-17)12-20-15-28-16-21(25-13-22(28)26-20)18-4-6-23-7-5-18;1-2-12-27(11-1)15-17-5-10-24-19(13-17)14-20-16-28-22(25-20)4-3-21(26-28)18-6-8-23-9-7-18/h3-8,11,13,15-16H,1-2,9-10,12,14H2;3-10,13,16H,1-2,11-12,14-15H2. The van der Waals surface area contributed by atoms with E-state index in [9.17, 15) is 0 Å². The van der Waals surface area contributed by atoms with Gasteiger partial charge in [-0.2, -0.15) is 5.10 Å². The van der Waals surface area contributed by atoms with Gasteiger partial charge in [-0.25, -0.2) is 14.5 Å². The molecule has 280 valence electrons. The molecular weight excluding hydrogens is 697 g/mol. The van der Waals surface area contributed by atoms with Crippen LogP contribution in [0.5, 0.6) is 0 Å². The summed E-state index contributed by atoms with van der Waals surface area (Å²) in [6.07, 6.45) is 25.5. The van der Waals surface area contributed by atoms with E-state index >= 15 is 0 Å². The first-order chi connectivity index (χ1) is 27.7. The molecule has 12 heteroatoms. The minimum absolute atomic E-state index is 0.710. The van der Waals surface area contributed by atoms with Gasteiger partial charge in [-0.1, -0.05) is 0 Å². The van der Waals surface area contributed by atoms with Crippen LogP contribution in [0.2, 0.25) is 0 Å². The highest BCUT2D eigenvalue weighted by atomic mass is 15.2. The Balaban J connectivity index is 0.000000146. The monoisotopic (exact) mass is 740 g/mol. The van der Waals surface area contributed by atoms with Crippen LogP contribution in [0, 0.1) is 0 Å². The summed E-state index contributed by atoms with van der Waals surface area (Å²) >= 11 is 0. The van der Waals surface area contributed by atoms with Crippen molar-refractivity contribution in [3.05, 3.63) is 157 Å². The van der Waals surface area contributed by atoms with Gasteiger partial charge in [0.05, 0.1) is 35.2 Å². The summed E-state index contributed by atoms with van der Waals surface area (Å²) in [5.41, 5.74) is 12.3. The summed E-state index contributed by atoms with van der Waals surface area (Å²) in [4.78, 5) is 36.2. The number of hydrogen-bond donors (Lipinski definition) is 0. The van der Waals surface area contributed by atoms with Crippen molar-refractivity contribution >= 4 is 11.3 Å². The van der Waals surface area contributed by atoms with Crippen molar-refractivity contribution in [3.63, 3.8) is 0 Å². The van der Waals surface area contributed by atoms with E-state index in [0.29, 0.717) is 6.42 Å². The molecular formula is C44H44N12. The van der Waals surface area contributed by atoms with Gasteiger partial charge in [-0.15, -0.1) is 0 Å². The van der Waals surface area contributed by atoms with Crippen LogP contribution < -0.4 is 0 Å². The van der Waals surface area contributed by atoms with Crippen LogP contribution in [-0.2, 0) is 25.9 Å². The Morgan fingerprint density at radius 2 is 1.04 bits per heavy atom. The van der Waals surface area contributed by atoms with Crippen LogP contribution >= 0.6 is 0 Å². The number of nitrogens with zero attached hydrogens (tertiary/aromatic N) is 12. The van der Waals surface area contributed by atoms with Crippen molar-refractivity contribution < 1.29 is 0 Å². The van der Waals surface area contributed by atoms with Gasteiger partial charge in [0.15, 0.2) is 11.3 Å². The van der Waals surface area contributed by atoms with Crippen molar-refractivity contribution in [2.24, 2.45) is 0 Å². The average Bonchev–Trinajstić information content (AvgIpc) is 4.07. The van der Waals surface area contributed by atoms with Crippen LogP contribution in [-0.4, -0.2) is 84.9 Å². The van der Waals surface area contributed by atoms with Crippen molar-refractivity contribution in [2.75, 3.05) is 26.2 Å². The van der Waals surface area contributed by atoms with Crippen molar-refractivity contribution in [1.29, 1.82) is 0 Å². The molecule has 0 spiro atoms. The Morgan fingerprint density at radius 3 is 1.64 bits per heavy atom. The molecule has 0 saturated carbocycles. The molecule has 0 N–H and O–H groups in total. The molecule has 0 aliphatic carbocycles. The van der Waals surface area contributed by atoms with Crippen LogP contribution in [0.1, 0.15) is 59.6 Å². The van der Waals surface area contributed by atoms with Gasteiger partial charge >= 0.3 is 0 Å². The molecule has 0 atom stereocenters. The second-order valence-corrected chi connectivity index (χ2v) is 14.6. The molecule has 2 aliphatic heterocycles. The largest absolute Gasteiger partial charge is 0.303 e. The fourth-order valence-corrected chi connectivity index (χ4v) is 7.62. The number of fused-ring (bicyclic) bond motifs is 2. The minimum atomic E-state index is 0.710. The molecule has 8 aromatic heterocycles. The zero-order valence-electron chi connectivity index (χ0n) is 31.4. The topological polar surface area (TPSA) is 118 Å². The molecule has 0 amide bonds. The van der Waals surface area contributed by atoms with E-state index in [4.69, 9.17) is 15.1 Å². The minimum Gasteiger partial charge on any atom is -0.303 e. The van der Waals surface area contributed by atoms with Crippen molar-refractivity contribution in [2.45, 2.75) is 51.6 Å². The summed E-state index contributed by atoms with van der Waals surface area (Å²) in [5, 5.41) is 4.69. The molecule has 8 aromatic rings. The molecule has 12 nitrogen and oxygen atoms in total. The predicted octanol–water partition coefficient (Wildman–Crippen LogP) is 6.75. The van der Waals surface area contributed by atoms with Gasteiger partial charge in [0.25, 0.3) is 0 Å². The lowest BCUT2D eigenvalue weighted by atomic mass is 10.1. The van der Waals surface area contributed by atoms with E-state index in [2.05, 4.69) is 65.2 Å². The van der Waals surface area contributed by atoms with Gasteiger partial charge in [0.2, 0.25) is 0 Å². The summed E-state index contributed by atoms with van der Waals surface area (Å²) in [7, 11) is 0. The lowest BCUT2D eigenvalue weighted by Gasteiger charge is -2.14. The van der Waals surface area contributed by atoms with Gasteiger partial charge in [-0.3, -0.25) is 34.7 Å². The molecule has 2 saturated heterocycles. The summed E-state index contributed by atoms with van der Waals surface area (Å²) in [6.45, 7) is 6.84. The van der Waals surface area contributed by atoms with Crippen LogP contribution in [0.4, 0.5) is 0 Å². The van der Waals surface area contributed by atoms with Gasteiger partial charge in [-0.05, 0) is 124 Å². The lowest BCUT2D eigenvalue weighted by molar-refractivity contribution is 0.331. The molecule has 10 rings (SSSR count). The fraction of sp³-hybridized carbons (Fsp3) is 0.273. The number of likely N-dealkylation sites (tertiary alicyclic amines) is 2. The fourth-order valence-electron chi connectivity index (χ4n) is 7.62. The lowest BCUT2D eigenvalue weighted by Crippen LogP contribution is -2.18. The molecule has 0 aromatic carbocycles. The van der Waals surface area contributed by atoms with E-state index in [1.807, 2.05) is 76.3 Å². The number of rotatable bonds is 10. The maximum absolute atomic E-state index is 4.71. The third-order valence-electron chi connectivity index (χ3n) is 10.4. The maximum atomic E-state index is 4.71. The Kier molecular flexibility index (Phi) is 10.5. The van der Waals surface area contributed by atoms with E-state index in [-0.39, 0.29) is 0 Å². The maximum Gasteiger partial charge on any atom is 0.155 e. The molecule has 0 radical (unpaired) electrons. The number of aromatic nitrogens is 10. The first kappa shape index (κ1) is 35.5. The van der Waals surface area contributed by atoms with E-state index in [1.165, 1.54) is 63.0 Å². The Hall–Kier alpha value is -6.24. The molecule has 2 fully saturated rings. The second-order valence-electron chi connectivity index (χ2n) is 14.6. The van der Waals surface area contributed by atoms with E-state index in [0.717, 1.165) is 76.1 Å². The van der Waals surface area contributed by atoms with E-state index in [1.54, 1.807) is 24.8 Å². The zero-order valence-corrected chi connectivity index (χ0v) is 31.4. The highest BCUT2D eigenvalue weighted by Crippen LogP contribution is 2.20. The number of pyridine rings is 4. The molecule has 2 aliphatic rings. The summed E-state index contributed by atoms with van der Waals surface area (Å²) < 4.78 is 3.88. The van der Waals surface area contributed by atoms with Crippen molar-refractivity contribution in [3.8, 4) is 22.5 Å². The number of hydrogen-bond acceptors (Lipinski definition) is 10. The first-order valence-electron chi connectivity index (χ1n) is 19.5. The smallest absolute Gasteiger partial charge is 0.155 e. The molecule has 56 heavy (non-hydrogen) atoms. The highest BCUT2D eigenvalue weighted by molar-refractivity contribution is 5.60. The number of imidazole rings is 2. The van der Waals surface area contributed by atoms with Crippen LogP contribution in [0.25, 0.3) is 33.8 Å². The Labute approximate surface area is 326 Å². The van der Waals surface area contributed by atoms with E-state index < -0.39 is 0 Å². The van der Waals surface area contributed by atoms with Gasteiger partial charge in [0, 0.05) is 98.0 Å². The normalized spacial score (nSPS) is 14.7. The molecule has 0 bridgehead atoms. The molecule has 10 heterocycles.